The van der Waals surface area contributed by atoms with E-state index in [9.17, 15) is 9.59 Å². The van der Waals surface area contributed by atoms with E-state index >= 15 is 0 Å². The van der Waals surface area contributed by atoms with Gasteiger partial charge in [0, 0.05) is 18.0 Å². The standard InChI is InChI=1S/C19H24ClN3O3/c1-5-26-18(25)17-13(2)21-12-23(17)11-10-16(24)22-19(3,4)14-6-8-15(20)9-7-14/h6-9,12H,5,10-11H2,1-4H3,(H,22,24). The fourth-order valence-corrected chi connectivity index (χ4v) is 2.81. The van der Waals surface area contributed by atoms with Crippen molar-refractivity contribution in [3.8, 4) is 0 Å². The van der Waals surface area contributed by atoms with Gasteiger partial charge in [-0.1, -0.05) is 23.7 Å². The summed E-state index contributed by atoms with van der Waals surface area (Å²) in [5.74, 6) is -0.546. The van der Waals surface area contributed by atoms with E-state index in [1.807, 2.05) is 26.0 Å². The average Bonchev–Trinajstić information content (AvgIpc) is 2.94. The smallest absolute Gasteiger partial charge is 0.356 e. The average molecular weight is 378 g/mol. The molecule has 2 rings (SSSR count). The number of carbonyl (C=O) groups excluding carboxylic acids is 2. The molecule has 1 aromatic heterocycles. The van der Waals surface area contributed by atoms with Gasteiger partial charge < -0.3 is 14.6 Å². The van der Waals surface area contributed by atoms with Crippen LogP contribution in [0.5, 0.6) is 0 Å². The van der Waals surface area contributed by atoms with E-state index < -0.39 is 11.5 Å². The molecule has 1 aromatic carbocycles. The van der Waals surface area contributed by atoms with Gasteiger partial charge >= 0.3 is 5.97 Å². The van der Waals surface area contributed by atoms with Gasteiger partial charge in [0.1, 0.15) is 5.69 Å². The summed E-state index contributed by atoms with van der Waals surface area (Å²) in [6.45, 7) is 7.99. The van der Waals surface area contributed by atoms with Gasteiger partial charge in [0.25, 0.3) is 0 Å². The molecule has 7 heteroatoms. The molecule has 0 atom stereocenters. The van der Waals surface area contributed by atoms with Crippen LogP contribution < -0.4 is 5.32 Å². The molecule has 2 aromatic rings. The number of hydrogen-bond donors (Lipinski definition) is 1. The zero-order valence-electron chi connectivity index (χ0n) is 15.5. The number of halogens is 1. The molecule has 0 aliphatic carbocycles. The van der Waals surface area contributed by atoms with Crippen molar-refractivity contribution in [1.82, 2.24) is 14.9 Å². The van der Waals surface area contributed by atoms with E-state index in [1.165, 1.54) is 0 Å². The maximum absolute atomic E-state index is 12.4. The lowest BCUT2D eigenvalue weighted by Crippen LogP contribution is -2.41. The van der Waals surface area contributed by atoms with Gasteiger partial charge in [0.2, 0.25) is 5.91 Å². The number of ether oxygens (including phenoxy) is 1. The Balaban J connectivity index is 2.01. The summed E-state index contributed by atoms with van der Waals surface area (Å²) in [6.07, 6.45) is 1.78. The molecule has 0 spiro atoms. The number of nitrogens with zero attached hydrogens (tertiary/aromatic N) is 2. The van der Waals surface area contributed by atoms with Crippen LogP contribution >= 0.6 is 11.6 Å². The highest BCUT2D eigenvalue weighted by atomic mass is 35.5. The summed E-state index contributed by atoms with van der Waals surface area (Å²) >= 11 is 5.92. The SMILES string of the molecule is CCOC(=O)c1c(C)ncn1CCC(=O)NC(C)(C)c1ccc(Cl)cc1. The van der Waals surface area contributed by atoms with Crippen molar-refractivity contribution in [2.24, 2.45) is 0 Å². The first-order valence-electron chi connectivity index (χ1n) is 8.50. The predicted octanol–water partition coefficient (Wildman–Crippen LogP) is 3.46. The lowest BCUT2D eigenvalue weighted by Gasteiger charge is -2.27. The summed E-state index contributed by atoms with van der Waals surface area (Å²) in [5.41, 5.74) is 1.40. The van der Waals surface area contributed by atoms with Gasteiger partial charge in [0.15, 0.2) is 0 Å². The second-order valence-corrected chi connectivity index (χ2v) is 6.96. The molecule has 0 saturated carbocycles. The van der Waals surface area contributed by atoms with Crippen molar-refractivity contribution in [2.45, 2.75) is 46.2 Å². The Morgan fingerprint density at radius 3 is 2.54 bits per heavy atom. The number of nitrogens with one attached hydrogen (secondary N) is 1. The van der Waals surface area contributed by atoms with Crippen LogP contribution in [0.3, 0.4) is 0 Å². The first-order chi connectivity index (χ1) is 12.2. The van der Waals surface area contributed by atoms with Gasteiger partial charge in [-0.25, -0.2) is 9.78 Å². The number of amides is 1. The van der Waals surface area contributed by atoms with Crippen LogP contribution in [-0.4, -0.2) is 28.0 Å². The molecule has 0 aliphatic heterocycles. The van der Waals surface area contributed by atoms with Crippen LogP contribution in [0.2, 0.25) is 5.02 Å². The second kappa shape index (κ2) is 8.36. The van der Waals surface area contributed by atoms with Crippen molar-refractivity contribution in [3.05, 3.63) is 52.6 Å². The summed E-state index contributed by atoms with van der Waals surface area (Å²) in [4.78, 5) is 28.6. The van der Waals surface area contributed by atoms with E-state index in [0.717, 1.165) is 5.56 Å². The number of benzene rings is 1. The van der Waals surface area contributed by atoms with Gasteiger partial charge in [-0.05, 0) is 45.4 Å². The minimum atomic E-state index is -0.531. The highest BCUT2D eigenvalue weighted by Crippen LogP contribution is 2.22. The van der Waals surface area contributed by atoms with E-state index in [2.05, 4.69) is 10.3 Å². The van der Waals surface area contributed by atoms with E-state index in [-0.39, 0.29) is 12.3 Å². The Bertz CT molecular complexity index is 782. The monoisotopic (exact) mass is 377 g/mol. The Hall–Kier alpha value is -2.34. The zero-order chi connectivity index (χ0) is 19.3. The number of aromatic nitrogens is 2. The van der Waals surface area contributed by atoms with Crippen LogP contribution in [0, 0.1) is 6.92 Å². The molecule has 1 amide bonds. The minimum Gasteiger partial charge on any atom is -0.461 e. The summed E-state index contributed by atoms with van der Waals surface area (Å²) in [6, 6.07) is 7.37. The molecule has 0 aliphatic rings. The number of imidazole rings is 1. The Labute approximate surface area is 158 Å². The third-order valence-corrected chi connectivity index (χ3v) is 4.34. The largest absolute Gasteiger partial charge is 0.461 e. The maximum Gasteiger partial charge on any atom is 0.356 e. The molecule has 1 N–H and O–H groups in total. The van der Waals surface area contributed by atoms with Gasteiger partial charge in [-0.2, -0.15) is 0 Å². The van der Waals surface area contributed by atoms with Gasteiger partial charge in [-0.15, -0.1) is 0 Å². The Morgan fingerprint density at radius 2 is 1.92 bits per heavy atom. The number of rotatable bonds is 7. The van der Waals surface area contributed by atoms with Crippen molar-refractivity contribution in [2.75, 3.05) is 6.61 Å². The van der Waals surface area contributed by atoms with Crippen molar-refractivity contribution >= 4 is 23.5 Å². The number of aryl methyl sites for hydroxylation is 2. The lowest BCUT2D eigenvalue weighted by molar-refractivity contribution is -0.123. The van der Waals surface area contributed by atoms with Gasteiger partial charge in [0.05, 0.1) is 24.2 Å². The maximum atomic E-state index is 12.4. The number of esters is 1. The molecule has 6 nitrogen and oxygen atoms in total. The molecular weight excluding hydrogens is 354 g/mol. The highest BCUT2D eigenvalue weighted by Gasteiger charge is 2.23. The molecule has 0 radical (unpaired) electrons. The molecule has 140 valence electrons. The molecular formula is C19H24ClN3O3. The van der Waals surface area contributed by atoms with Gasteiger partial charge in [-0.3, -0.25) is 4.79 Å². The number of hydrogen-bond acceptors (Lipinski definition) is 4. The van der Waals surface area contributed by atoms with Crippen molar-refractivity contribution in [3.63, 3.8) is 0 Å². The van der Waals surface area contributed by atoms with Crippen LogP contribution in [0.15, 0.2) is 30.6 Å². The molecule has 1 heterocycles. The normalized spacial score (nSPS) is 11.3. The second-order valence-electron chi connectivity index (χ2n) is 6.52. The van der Waals surface area contributed by atoms with E-state index in [1.54, 1.807) is 36.9 Å². The summed E-state index contributed by atoms with van der Waals surface area (Å²) in [7, 11) is 0. The fraction of sp³-hybridized carbons (Fsp3) is 0.421. The molecule has 0 saturated heterocycles. The van der Waals surface area contributed by atoms with Crippen molar-refractivity contribution < 1.29 is 14.3 Å². The quantitative estimate of drug-likeness (QED) is 0.750. The lowest BCUT2D eigenvalue weighted by atomic mass is 9.94. The van der Waals surface area contributed by atoms with Crippen LogP contribution in [0.25, 0.3) is 0 Å². The highest BCUT2D eigenvalue weighted by molar-refractivity contribution is 6.30. The summed E-state index contributed by atoms with van der Waals surface area (Å²) in [5, 5.41) is 3.66. The topological polar surface area (TPSA) is 73.2 Å². The third kappa shape index (κ3) is 4.85. The fourth-order valence-electron chi connectivity index (χ4n) is 2.69. The van der Waals surface area contributed by atoms with E-state index in [4.69, 9.17) is 16.3 Å². The molecule has 0 fully saturated rings. The number of carbonyl (C=O) groups is 2. The van der Waals surface area contributed by atoms with E-state index in [0.29, 0.717) is 29.6 Å². The summed E-state index contributed by atoms with van der Waals surface area (Å²) < 4.78 is 6.71. The predicted molar refractivity (Wildman–Crippen MR) is 100 cm³/mol. The Morgan fingerprint density at radius 1 is 1.27 bits per heavy atom. The zero-order valence-corrected chi connectivity index (χ0v) is 16.3. The van der Waals surface area contributed by atoms with Crippen LogP contribution in [-0.2, 0) is 21.6 Å². The minimum absolute atomic E-state index is 0.119. The third-order valence-electron chi connectivity index (χ3n) is 4.09. The van der Waals surface area contributed by atoms with Crippen LogP contribution in [0.1, 0.15) is 48.9 Å². The molecule has 0 bridgehead atoms. The molecule has 0 unspecified atom stereocenters. The Kier molecular flexibility index (Phi) is 6.42. The first kappa shape index (κ1) is 20.0. The molecule has 26 heavy (non-hydrogen) atoms. The first-order valence-corrected chi connectivity index (χ1v) is 8.88. The van der Waals surface area contributed by atoms with Crippen molar-refractivity contribution in [1.29, 1.82) is 0 Å². The van der Waals surface area contributed by atoms with Crippen LogP contribution in [0.4, 0.5) is 0 Å².